The highest BCUT2D eigenvalue weighted by Crippen LogP contribution is 2.17. The predicted octanol–water partition coefficient (Wildman–Crippen LogP) is 0.849. The average Bonchev–Trinajstić information content (AvgIpc) is 2.12. The fourth-order valence-corrected chi connectivity index (χ4v) is 2.12. The van der Waals surface area contributed by atoms with Gasteiger partial charge in [0.05, 0.1) is 13.2 Å². The minimum absolute atomic E-state index is 0.604. The molecule has 0 radical (unpaired) electrons. The quantitative estimate of drug-likeness (QED) is 0.725. The Balaban J connectivity index is 1.58. The SMILES string of the molecule is CC1COCCN1CCNC1CCC1. The zero-order valence-corrected chi connectivity index (χ0v) is 9.17. The lowest BCUT2D eigenvalue weighted by Crippen LogP contribution is -2.48. The monoisotopic (exact) mass is 198 g/mol. The Labute approximate surface area is 86.8 Å². The number of rotatable bonds is 4. The molecule has 1 aliphatic heterocycles. The van der Waals surface area contributed by atoms with Crippen molar-refractivity contribution in [1.82, 2.24) is 10.2 Å². The van der Waals surface area contributed by atoms with Crippen LogP contribution in [0, 0.1) is 0 Å². The van der Waals surface area contributed by atoms with Crippen molar-refractivity contribution in [3.8, 4) is 0 Å². The highest BCUT2D eigenvalue weighted by atomic mass is 16.5. The van der Waals surface area contributed by atoms with Gasteiger partial charge in [0.1, 0.15) is 0 Å². The van der Waals surface area contributed by atoms with Crippen molar-refractivity contribution in [3.63, 3.8) is 0 Å². The first-order valence-electron chi connectivity index (χ1n) is 5.91. The molecule has 1 saturated heterocycles. The topological polar surface area (TPSA) is 24.5 Å². The van der Waals surface area contributed by atoms with Crippen LogP contribution < -0.4 is 5.32 Å². The maximum atomic E-state index is 5.41. The molecule has 1 heterocycles. The predicted molar refractivity (Wildman–Crippen MR) is 57.5 cm³/mol. The Hall–Kier alpha value is -0.120. The molecule has 1 atom stereocenters. The fraction of sp³-hybridized carbons (Fsp3) is 1.00. The minimum atomic E-state index is 0.604. The standard InChI is InChI=1S/C11H22N2O/c1-10-9-14-8-7-13(10)6-5-12-11-3-2-4-11/h10-12H,2-9H2,1H3. The summed E-state index contributed by atoms with van der Waals surface area (Å²) in [5, 5.41) is 3.60. The third kappa shape index (κ3) is 2.69. The summed E-state index contributed by atoms with van der Waals surface area (Å²) in [4.78, 5) is 2.52. The summed E-state index contributed by atoms with van der Waals surface area (Å²) in [6.45, 7) is 7.50. The van der Waals surface area contributed by atoms with Crippen LogP contribution in [0.5, 0.6) is 0 Å². The summed E-state index contributed by atoms with van der Waals surface area (Å²) in [5.41, 5.74) is 0. The molecule has 0 amide bonds. The molecule has 3 heteroatoms. The molecular weight excluding hydrogens is 176 g/mol. The van der Waals surface area contributed by atoms with Gasteiger partial charge in [0.2, 0.25) is 0 Å². The van der Waals surface area contributed by atoms with Gasteiger partial charge in [-0.3, -0.25) is 4.90 Å². The van der Waals surface area contributed by atoms with Gasteiger partial charge in [-0.05, 0) is 19.8 Å². The van der Waals surface area contributed by atoms with E-state index >= 15 is 0 Å². The van der Waals surface area contributed by atoms with Crippen LogP contribution in [0.2, 0.25) is 0 Å². The molecular formula is C11H22N2O. The van der Waals surface area contributed by atoms with E-state index in [1.54, 1.807) is 0 Å². The molecule has 2 aliphatic rings. The first kappa shape index (κ1) is 10.4. The van der Waals surface area contributed by atoms with Crippen LogP contribution in [-0.4, -0.2) is 49.8 Å². The van der Waals surface area contributed by atoms with E-state index in [2.05, 4.69) is 17.1 Å². The molecule has 2 rings (SSSR count). The zero-order chi connectivity index (χ0) is 9.80. The van der Waals surface area contributed by atoms with E-state index in [1.165, 1.54) is 25.8 Å². The molecule has 1 unspecified atom stereocenters. The van der Waals surface area contributed by atoms with Gasteiger partial charge in [0, 0.05) is 31.7 Å². The van der Waals surface area contributed by atoms with Crippen LogP contribution in [0.15, 0.2) is 0 Å². The molecule has 1 aliphatic carbocycles. The molecule has 14 heavy (non-hydrogen) atoms. The Bertz CT molecular complexity index is 171. The molecule has 1 N–H and O–H groups in total. The van der Waals surface area contributed by atoms with Crippen LogP contribution in [-0.2, 0) is 4.74 Å². The van der Waals surface area contributed by atoms with Crippen LogP contribution >= 0.6 is 0 Å². The number of hydrogen-bond donors (Lipinski definition) is 1. The van der Waals surface area contributed by atoms with Gasteiger partial charge in [0.25, 0.3) is 0 Å². The van der Waals surface area contributed by atoms with Crippen LogP contribution in [0.3, 0.4) is 0 Å². The summed E-state index contributed by atoms with van der Waals surface area (Å²) in [7, 11) is 0. The zero-order valence-electron chi connectivity index (χ0n) is 9.17. The van der Waals surface area contributed by atoms with Gasteiger partial charge in [-0.1, -0.05) is 6.42 Å². The second kappa shape index (κ2) is 5.10. The maximum absolute atomic E-state index is 5.41. The molecule has 0 spiro atoms. The van der Waals surface area contributed by atoms with Crippen molar-refractivity contribution >= 4 is 0 Å². The summed E-state index contributed by atoms with van der Waals surface area (Å²) < 4.78 is 5.41. The normalized spacial score (nSPS) is 30.2. The second-order valence-electron chi connectivity index (χ2n) is 4.54. The van der Waals surface area contributed by atoms with E-state index < -0.39 is 0 Å². The molecule has 2 fully saturated rings. The average molecular weight is 198 g/mol. The molecule has 3 nitrogen and oxygen atoms in total. The third-order valence-corrected chi connectivity index (χ3v) is 3.44. The van der Waals surface area contributed by atoms with Crippen molar-refractivity contribution < 1.29 is 4.74 Å². The number of nitrogens with one attached hydrogen (secondary N) is 1. The summed E-state index contributed by atoms with van der Waals surface area (Å²) >= 11 is 0. The van der Waals surface area contributed by atoms with E-state index in [1.807, 2.05) is 0 Å². The van der Waals surface area contributed by atoms with Crippen molar-refractivity contribution in [3.05, 3.63) is 0 Å². The second-order valence-corrected chi connectivity index (χ2v) is 4.54. The molecule has 0 aromatic heterocycles. The van der Waals surface area contributed by atoms with Crippen LogP contribution in [0.25, 0.3) is 0 Å². The van der Waals surface area contributed by atoms with Crippen molar-refractivity contribution in [2.45, 2.75) is 38.3 Å². The molecule has 0 aromatic carbocycles. The fourth-order valence-electron chi connectivity index (χ4n) is 2.12. The highest BCUT2D eigenvalue weighted by molar-refractivity contribution is 4.78. The summed E-state index contributed by atoms with van der Waals surface area (Å²) in [5.74, 6) is 0. The van der Waals surface area contributed by atoms with Crippen molar-refractivity contribution in [2.24, 2.45) is 0 Å². The van der Waals surface area contributed by atoms with Crippen LogP contribution in [0.4, 0.5) is 0 Å². The number of hydrogen-bond acceptors (Lipinski definition) is 3. The van der Waals surface area contributed by atoms with E-state index in [4.69, 9.17) is 4.74 Å². The lowest BCUT2D eigenvalue weighted by atomic mass is 9.93. The largest absolute Gasteiger partial charge is 0.379 e. The number of morpholine rings is 1. The van der Waals surface area contributed by atoms with E-state index in [9.17, 15) is 0 Å². The maximum Gasteiger partial charge on any atom is 0.0619 e. The number of ether oxygens (including phenoxy) is 1. The van der Waals surface area contributed by atoms with E-state index in [0.29, 0.717) is 6.04 Å². The summed E-state index contributed by atoms with van der Waals surface area (Å²) in [6, 6.07) is 1.43. The Morgan fingerprint density at radius 1 is 1.43 bits per heavy atom. The van der Waals surface area contributed by atoms with Gasteiger partial charge >= 0.3 is 0 Å². The first-order valence-corrected chi connectivity index (χ1v) is 5.91. The molecule has 82 valence electrons. The van der Waals surface area contributed by atoms with Gasteiger partial charge in [-0.15, -0.1) is 0 Å². The summed E-state index contributed by atoms with van der Waals surface area (Å²) in [6.07, 6.45) is 4.20. The van der Waals surface area contributed by atoms with Crippen molar-refractivity contribution in [1.29, 1.82) is 0 Å². The van der Waals surface area contributed by atoms with Gasteiger partial charge in [-0.25, -0.2) is 0 Å². The Kier molecular flexibility index (Phi) is 3.79. The first-order chi connectivity index (χ1) is 6.86. The smallest absolute Gasteiger partial charge is 0.0619 e. The molecule has 0 bridgehead atoms. The highest BCUT2D eigenvalue weighted by Gasteiger charge is 2.20. The lowest BCUT2D eigenvalue weighted by molar-refractivity contribution is -0.000107. The molecule has 1 saturated carbocycles. The van der Waals surface area contributed by atoms with Crippen molar-refractivity contribution in [2.75, 3.05) is 32.8 Å². The lowest BCUT2D eigenvalue weighted by Gasteiger charge is -2.34. The van der Waals surface area contributed by atoms with E-state index in [-0.39, 0.29) is 0 Å². The van der Waals surface area contributed by atoms with Gasteiger partial charge in [-0.2, -0.15) is 0 Å². The van der Waals surface area contributed by atoms with Gasteiger partial charge in [0.15, 0.2) is 0 Å². The van der Waals surface area contributed by atoms with E-state index in [0.717, 1.165) is 32.3 Å². The molecule has 0 aromatic rings. The Morgan fingerprint density at radius 2 is 2.29 bits per heavy atom. The van der Waals surface area contributed by atoms with Gasteiger partial charge < -0.3 is 10.1 Å². The number of nitrogens with zero attached hydrogens (tertiary/aromatic N) is 1. The van der Waals surface area contributed by atoms with Crippen LogP contribution in [0.1, 0.15) is 26.2 Å². The third-order valence-electron chi connectivity index (χ3n) is 3.44. The minimum Gasteiger partial charge on any atom is -0.379 e. The Morgan fingerprint density at radius 3 is 2.93 bits per heavy atom.